The summed E-state index contributed by atoms with van der Waals surface area (Å²) in [4.78, 5) is 7.23. The Bertz CT molecular complexity index is 1100. The van der Waals surface area contributed by atoms with E-state index in [1.54, 1.807) is 6.39 Å². The van der Waals surface area contributed by atoms with Crippen LogP contribution in [0.2, 0.25) is 0 Å². The van der Waals surface area contributed by atoms with Gasteiger partial charge in [-0.1, -0.05) is 71.2 Å². The number of nitrogens with zero attached hydrogens (tertiary/aromatic N) is 2. The van der Waals surface area contributed by atoms with Crippen LogP contribution < -0.4 is 9.47 Å². The van der Waals surface area contributed by atoms with E-state index in [0.29, 0.717) is 19.1 Å². The first-order valence-electron chi connectivity index (χ1n) is 14.3. The summed E-state index contributed by atoms with van der Waals surface area (Å²) in [5.41, 5.74) is 5.32. The Morgan fingerprint density at radius 3 is 2.22 bits per heavy atom. The van der Waals surface area contributed by atoms with Crippen LogP contribution in [-0.4, -0.2) is 36.2 Å². The maximum Gasteiger partial charge on any atom is 0.182 e. The predicted molar refractivity (Wildman–Crippen MR) is 151 cm³/mol. The highest BCUT2D eigenvalue weighted by Crippen LogP contribution is 2.42. The molecule has 2 aromatic carbocycles. The van der Waals surface area contributed by atoms with E-state index in [2.05, 4.69) is 74.0 Å². The lowest BCUT2D eigenvalue weighted by molar-refractivity contribution is 0.221. The molecule has 1 aliphatic rings. The second kappa shape index (κ2) is 13.7. The Hall–Kier alpha value is -2.79. The third kappa shape index (κ3) is 7.16. The van der Waals surface area contributed by atoms with Gasteiger partial charge < -0.3 is 13.9 Å². The Balaban J connectivity index is 1.65. The third-order valence-electron chi connectivity index (χ3n) is 7.14. The molecule has 0 N–H and O–H groups in total. The molecule has 37 heavy (non-hydrogen) atoms. The van der Waals surface area contributed by atoms with E-state index < -0.39 is 0 Å². The molecule has 5 heteroatoms. The van der Waals surface area contributed by atoms with Crippen molar-refractivity contribution in [3.05, 3.63) is 53.9 Å². The third-order valence-corrected chi connectivity index (χ3v) is 7.14. The van der Waals surface area contributed by atoms with Gasteiger partial charge >= 0.3 is 0 Å². The van der Waals surface area contributed by atoms with Crippen molar-refractivity contribution in [1.29, 1.82) is 0 Å². The van der Waals surface area contributed by atoms with E-state index >= 15 is 0 Å². The van der Waals surface area contributed by atoms with Crippen LogP contribution in [0.15, 0.2) is 47.2 Å². The minimum atomic E-state index is 0.310. The van der Waals surface area contributed by atoms with Gasteiger partial charge in [0.25, 0.3) is 0 Å². The molecule has 0 aliphatic carbocycles. The van der Waals surface area contributed by atoms with Crippen molar-refractivity contribution in [2.75, 3.05) is 26.3 Å². The van der Waals surface area contributed by atoms with Gasteiger partial charge in [0.05, 0.1) is 13.2 Å². The largest absolute Gasteiger partial charge is 0.493 e. The van der Waals surface area contributed by atoms with Gasteiger partial charge in [-0.05, 0) is 61.9 Å². The zero-order chi connectivity index (χ0) is 26.0. The van der Waals surface area contributed by atoms with Crippen LogP contribution in [0.3, 0.4) is 0 Å². The van der Waals surface area contributed by atoms with Gasteiger partial charge in [0.2, 0.25) is 0 Å². The second-order valence-corrected chi connectivity index (χ2v) is 10.5. The van der Waals surface area contributed by atoms with Crippen molar-refractivity contribution < 1.29 is 13.9 Å². The Morgan fingerprint density at radius 2 is 1.57 bits per heavy atom. The maximum atomic E-state index is 6.31. The van der Waals surface area contributed by atoms with E-state index in [1.807, 2.05) is 0 Å². The molecule has 0 radical (unpaired) electrons. The second-order valence-electron chi connectivity index (χ2n) is 10.5. The van der Waals surface area contributed by atoms with E-state index in [9.17, 15) is 0 Å². The molecule has 1 aliphatic heterocycles. The lowest BCUT2D eigenvalue weighted by atomic mass is 9.96. The van der Waals surface area contributed by atoms with Crippen LogP contribution in [0.5, 0.6) is 11.5 Å². The molecule has 0 amide bonds. The average Bonchev–Trinajstić information content (AvgIpc) is 3.40. The zero-order valence-electron chi connectivity index (χ0n) is 23.2. The lowest BCUT2D eigenvalue weighted by Gasteiger charge is -2.26. The van der Waals surface area contributed by atoms with Crippen LogP contribution in [0.1, 0.15) is 89.7 Å². The van der Waals surface area contributed by atoms with Gasteiger partial charge in [0.1, 0.15) is 17.2 Å². The summed E-state index contributed by atoms with van der Waals surface area (Å²) in [7, 11) is 0. The van der Waals surface area contributed by atoms with Crippen molar-refractivity contribution >= 4 is 0 Å². The number of likely N-dealkylation sites (tertiary alicyclic amines) is 1. The summed E-state index contributed by atoms with van der Waals surface area (Å²) in [6.07, 6.45) is 9.74. The van der Waals surface area contributed by atoms with Crippen LogP contribution in [0.4, 0.5) is 0 Å². The molecule has 1 saturated heterocycles. The maximum absolute atomic E-state index is 6.31. The standard InChI is InChI=1S/C32H44N2O3/c1-5-7-18-35-29-21-30(36-19-8-6-2)28(20-27(29)24(3)4)31-32(37-23-33-31)26-14-12-25(13-15-26)22-34-16-10-9-11-17-34/h12-15,20-21,23-24H,5-11,16-19,22H2,1-4H3. The summed E-state index contributed by atoms with van der Waals surface area (Å²) in [5.74, 6) is 2.80. The highest BCUT2D eigenvalue weighted by atomic mass is 16.5. The first-order chi connectivity index (χ1) is 18.1. The first kappa shape index (κ1) is 27.3. The van der Waals surface area contributed by atoms with Gasteiger partial charge in [-0.3, -0.25) is 4.90 Å². The molecule has 200 valence electrons. The van der Waals surface area contributed by atoms with E-state index in [0.717, 1.165) is 66.3 Å². The van der Waals surface area contributed by atoms with Crippen molar-refractivity contribution in [2.45, 2.75) is 85.1 Å². The summed E-state index contributed by atoms with van der Waals surface area (Å²) in [6, 6.07) is 13.0. The number of piperidine rings is 1. The smallest absolute Gasteiger partial charge is 0.182 e. The topological polar surface area (TPSA) is 47.7 Å². The minimum Gasteiger partial charge on any atom is -0.493 e. The number of hydrogen-bond acceptors (Lipinski definition) is 5. The fourth-order valence-electron chi connectivity index (χ4n) is 4.89. The molecule has 2 heterocycles. The number of ether oxygens (including phenoxy) is 2. The molecule has 0 saturated carbocycles. The molecule has 0 bridgehead atoms. The summed E-state index contributed by atoms with van der Waals surface area (Å²) in [6.45, 7) is 13.5. The summed E-state index contributed by atoms with van der Waals surface area (Å²) in [5, 5.41) is 0. The molecule has 3 aromatic rings. The molecule has 0 unspecified atom stereocenters. The molecule has 5 nitrogen and oxygen atoms in total. The van der Waals surface area contributed by atoms with Crippen molar-refractivity contribution in [2.24, 2.45) is 0 Å². The Kier molecular flexibility index (Phi) is 10.1. The van der Waals surface area contributed by atoms with Gasteiger partial charge in [0, 0.05) is 23.7 Å². The molecular formula is C32H44N2O3. The Morgan fingerprint density at radius 1 is 0.892 bits per heavy atom. The van der Waals surface area contributed by atoms with E-state index in [4.69, 9.17) is 13.9 Å². The van der Waals surface area contributed by atoms with Crippen molar-refractivity contribution in [3.8, 4) is 34.1 Å². The number of aromatic nitrogens is 1. The molecule has 1 fully saturated rings. The lowest BCUT2D eigenvalue weighted by Crippen LogP contribution is -2.28. The van der Waals surface area contributed by atoms with Crippen molar-refractivity contribution in [1.82, 2.24) is 9.88 Å². The number of hydrogen-bond donors (Lipinski definition) is 0. The van der Waals surface area contributed by atoms with Gasteiger partial charge in [0.15, 0.2) is 12.2 Å². The Labute approximate surface area is 223 Å². The van der Waals surface area contributed by atoms with Crippen LogP contribution in [-0.2, 0) is 6.54 Å². The number of unbranched alkanes of at least 4 members (excludes halogenated alkanes) is 2. The van der Waals surface area contributed by atoms with Gasteiger partial charge in [-0.2, -0.15) is 0 Å². The molecule has 1 aromatic heterocycles. The fraction of sp³-hybridized carbons (Fsp3) is 0.531. The number of benzene rings is 2. The summed E-state index contributed by atoms with van der Waals surface area (Å²) >= 11 is 0. The highest BCUT2D eigenvalue weighted by Gasteiger charge is 2.22. The normalized spacial score (nSPS) is 14.3. The van der Waals surface area contributed by atoms with Crippen LogP contribution in [0.25, 0.3) is 22.6 Å². The highest BCUT2D eigenvalue weighted by molar-refractivity contribution is 5.81. The average molecular weight is 505 g/mol. The van der Waals surface area contributed by atoms with Crippen LogP contribution >= 0.6 is 0 Å². The van der Waals surface area contributed by atoms with E-state index in [1.165, 1.54) is 43.5 Å². The quantitative estimate of drug-likeness (QED) is 0.218. The number of oxazole rings is 1. The molecule has 4 rings (SSSR count). The predicted octanol–water partition coefficient (Wildman–Crippen LogP) is 8.48. The molecular weight excluding hydrogens is 460 g/mol. The number of rotatable bonds is 13. The SMILES string of the molecule is CCCCOc1cc(OCCCC)c(C(C)C)cc1-c1ncoc1-c1ccc(CN2CCCCC2)cc1. The summed E-state index contributed by atoms with van der Waals surface area (Å²) < 4.78 is 18.5. The fourth-order valence-corrected chi connectivity index (χ4v) is 4.89. The van der Waals surface area contributed by atoms with Gasteiger partial charge in [-0.15, -0.1) is 0 Å². The first-order valence-corrected chi connectivity index (χ1v) is 14.3. The molecule has 0 atom stereocenters. The van der Waals surface area contributed by atoms with Gasteiger partial charge in [-0.25, -0.2) is 4.98 Å². The molecule has 0 spiro atoms. The van der Waals surface area contributed by atoms with Crippen LogP contribution in [0, 0.1) is 0 Å². The monoisotopic (exact) mass is 504 g/mol. The van der Waals surface area contributed by atoms with E-state index in [-0.39, 0.29) is 0 Å². The minimum absolute atomic E-state index is 0.310. The zero-order valence-corrected chi connectivity index (χ0v) is 23.2. The van der Waals surface area contributed by atoms with Crippen molar-refractivity contribution in [3.63, 3.8) is 0 Å².